The van der Waals surface area contributed by atoms with Crippen molar-refractivity contribution in [2.45, 2.75) is 26.3 Å². The first-order valence-corrected chi connectivity index (χ1v) is 9.99. The molecule has 31 heavy (non-hydrogen) atoms. The van der Waals surface area contributed by atoms with E-state index >= 15 is 0 Å². The summed E-state index contributed by atoms with van der Waals surface area (Å²) in [5.74, 6) is 0.777. The molecule has 0 unspecified atom stereocenters. The number of hydrogen-bond acceptors (Lipinski definition) is 6. The monoisotopic (exact) mass is 420 g/mol. The Morgan fingerprint density at radius 3 is 2.10 bits per heavy atom. The highest BCUT2D eigenvalue weighted by Gasteiger charge is 2.41. The molecule has 2 heterocycles. The van der Waals surface area contributed by atoms with E-state index in [1.54, 1.807) is 19.2 Å². The molecule has 0 saturated carbocycles. The van der Waals surface area contributed by atoms with Crippen LogP contribution in [0.3, 0.4) is 0 Å². The van der Waals surface area contributed by atoms with Gasteiger partial charge in [0.1, 0.15) is 17.2 Å². The van der Waals surface area contributed by atoms with Crippen molar-refractivity contribution in [1.82, 2.24) is 9.88 Å². The molecule has 7 nitrogen and oxygen atoms in total. The standard InChI is InChI=1S/C24H24N2O5/c1-13(2)22-21-20(15-8-6-7-9-17(15)25-22)23(27)26(24(21)28)12-16-18(30-4)10-14(29-3)11-19(16)31-5/h6-11,13H,12H2,1-5H3. The quantitative estimate of drug-likeness (QED) is 0.557. The summed E-state index contributed by atoms with van der Waals surface area (Å²) < 4.78 is 16.3. The molecular formula is C24H24N2O5. The zero-order valence-corrected chi connectivity index (χ0v) is 18.2. The molecule has 0 aliphatic carbocycles. The Kier molecular flexibility index (Phi) is 5.27. The maximum absolute atomic E-state index is 13.5. The number of pyridine rings is 1. The smallest absolute Gasteiger partial charge is 0.263 e. The number of fused-ring (bicyclic) bond motifs is 3. The van der Waals surface area contributed by atoms with Crippen molar-refractivity contribution >= 4 is 22.7 Å². The lowest BCUT2D eigenvalue weighted by Crippen LogP contribution is -2.29. The number of imide groups is 1. The van der Waals surface area contributed by atoms with E-state index in [1.165, 1.54) is 19.1 Å². The summed E-state index contributed by atoms with van der Waals surface area (Å²) in [6, 6.07) is 10.8. The fourth-order valence-corrected chi connectivity index (χ4v) is 3.98. The Morgan fingerprint density at radius 2 is 1.52 bits per heavy atom. The average Bonchev–Trinajstić information content (AvgIpc) is 3.03. The van der Waals surface area contributed by atoms with Gasteiger partial charge in [-0.2, -0.15) is 0 Å². The Morgan fingerprint density at radius 1 is 0.903 bits per heavy atom. The molecule has 0 N–H and O–H groups in total. The summed E-state index contributed by atoms with van der Waals surface area (Å²) >= 11 is 0. The maximum atomic E-state index is 13.5. The molecule has 2 aromatic carbocycles. The van der Waals surface area contributed by atoms with Crippen LogP contribution in [-0.2, 0) is 6.54 Å². The van der Waals surface area contributed by atoms with Gasteiger partial charge in [-0.1, -0.05) is 32.0 Å². The lowest BCUT2D eigenvalue weighted by Gasteiger charge is -2.19. The Labute approximate surface area is 180 Å². The lowest BCUT2D eigenvalue weighted by molar-refractivity contribution is 0.0640. The summed E-state index contributed by atoms with van der Waals surface area (Å²) in [5.41, 5.74) is 2.70. The van der Waals surface area contributed by atoms with E-state index in [4.69, 9.17) is 19.2 Å². The molecule has 0 atom stereocenters. The molecule has 0 saturated heterocycles. The van der Waals surface area contributed by atoms with Gasteiger partial charge in [-0.05, 0) is 12.0 Å². The molecule has 0 fully saturated rings. The average molecular weight is 420 g/mol. The molecule has 0 spiro atoms. The van der Waals surface area contributed by atoms with Crippen LogP contribution < -0.4 is 14.2 Å². The number of carbonyl (C=O) groups is 2. The van der Waals surface area contributed by atoms with Gasteiger partial charge in [-0.25, -0.2) is 0 Å². The molecule has 0 bridgehead atoms. The number of amides is 2. The minimum atomic E-state index is -0.359. The van der Waals surface area contributed by atoms with Crippen molar-refractivity contribution in [2.75, 3.05) is 21.3 Å². The van der Waals surface area contributed by atoms with Crippen LogP contribution in [0.25, 0.3) is 10.9 Å². The first-order valence-electron chi connectivity index (χ1n) is 9.99. The first kappa shape index (κ1) is 20.7. The van der Waals surface area contributed by atoms with Gasteiger partial charge in [-0.3, -0.25) is 19.5 Å². The summed E-state index contributed by atoms with van der Waals surface area (Å²) in [5, 5.41) is 0.677. The van der Waals surface area contributed by atoms with Gasteiger partial charge >= 0.3 is 0 Å². The lowest BCUT2D eigenvalue weighted by atomic mass is 9.97. The number of ether oxygens (including phenoxy) is 3. The van der Waals surface area contributed by atoms with Gasteiger partial charge in [0.2, 0.25) is 0 Å². The SMILES string of the molecule is COc1cc(OC)c(CN2C(=O)c3c(C(C)C)nc4ccccc4c3C2=O)c(OC)c1. The van der Waals surface area contributed by atoms with Crippen LogP contribution in [-0.4, -0.2) is 43.0 Å². The fourth-order valence-electron chi connectivity index (χ4n) is 3.98. The normalized spacial score (nSPS) is 13.2. The molecular weight excluding hydrogens is 396 g/mol. The van der Waals surface area contributed by atoms with E-state index in [0.717, 1.165) is 0 Å². The molecule has 2 amide bonds. The van der Waals surface area contributed by atoms with Crippen molar-refractivity contribution < 1.29 is 23.8 Å². The van der Waals surface area contributed by atoms with Crippen LogP contribution in [0, 0.1) is 0 Å². The highest BCUT2D eigenvalue weighted by Crippen LogP contribution is 2.39. The van der Waals surface area contributed by atoms with Crippen molar-refractivity contribution in [3.05, 3.63) is 58.8 Å². The number of para-hydroxylation sites is 1. The van der Waals surface area contributed by atoms with E-state index in [1.807, 2.05) is 38.1 Å². The largest absolute Gasteiger partial charge is 0.496 e. The zero-order valence-electron chi connectivity index (χ0n) is 18.2. The Hall–Kier alpha value is -3.61. The molecule has 7 heteroatoms. The van der Waals surface area contributed by atoms with Gasteiger partial charge in [0.25, 0.3) is 11.8 Å². The third kappa shape index (κ3) is 3.26. The molecule has 1 aliphatic heterocycles. The second-order valence-electron chi connectivity index (χ2n) is 7.63. The summed E-state index contributed by atoms with van der Waals surface area (Å²) in [7, 11) is 4.59. The van der Waals surface area contributed by atoms with Crippen LogP contribution in [0.5, 0.6) is 17.2 Å². The number of nitrogens with zero attached hydrogens (tertiary/aromatic N) is 2. The second-order valence-corrected chi connectivity index (χ2v) is 7.63. The maximum Gasteiger partial charge on any atom is 0.263 e. The van der Waals surface area contributed by atoms with Gasteiger partial charge in [0.15, 0.2) is 0 Å². The van der Waals surface area contributed by atoms with E-state index in [-0.39, 0.29) is 24.3 Å². The summed E-state index contributed by atoms with van der Waals surface area (Å²) in [6.45, 7) is 3.94. The predicted octanol–water partition coefficient (Wildman–Crippen LogP) is 4.18. The minimum Gasteiger partial charge on any atom is -0.496 e. The zero-order chi connectivity index (χ0) is 22.3. The number of rotatable bonds is 6. The van der Waals surface area contributed by atoms with Crippen molar-refractivity contribution in [3.63, 3.8) is 0 Å². The highest BCUT2D eigenvalue weighted by atomic mass is 16.5. The Bertz CT molecular complexity index is 1180. The van der Waals surface area contributed by atoms with Crippen molar-refractivity contribution in [2.24, 2.45) is 0 Å². The molecule has 4 rings (SSSR count). The van der Waals surface area contributed by atoms with Crippen molar-refractivity contribution in [1.29, 1.82) is 0 Å². The predicted molar refractivity (Wildman–Crippen MR) is 116 cm³/mol. The molecule has 1 aromatic heterocycles. The van der Waals surface area contributed by atoms with Crippen LogP contribution in [0.2, 0.25) is 0 Å². The van der Waals surface area contributed by atoms with Gasteiger partial charge in [0.05, 0.1) is 55.8 Å². The molecule has 1 aliphatic rings. The van der Waals surface area contributed by atoms with Crippen LogP contribution >= 0.6 is 0 Å². The Balaban J connectivity index is 1.86. The van der Waals surface area contributed by atoms with E-state index in [9.17, 15) is 9.59 Å². The minimum absolute atomic E-state index is 0.00848. The number of carbonyl (C=O) groups excluding carboxylic acids is 2. The number of hydrogen-bond donors (Lipinski definition) is 0. The van der Waals surface area contributed by atoms with Crippen LogP contribution in [0.1, 0.15) is 51.7 Å². The fraction of sp³-hybridized carbons (Fsp3) is 0.292. The molecule has 160 valence electrons. The topological polar surface area (TPSA) is 78.0 Å². The van der Waals surface area contributed by atoms with Crippen molar-refractivity contribution in [3.8, 4) is 17.2 Å². The number of aromatic nitrogens is 1. The third-order valence-corrected chi connectivity index (χ3v) is 5.52. The molecule has 0 radical (unpaired) electrons. The van der Waals surface area contributed by atoms with E-state index < -0.39 is 0 Å². The van der Waals surface area contributed by atoms with E-state index in [2.05, 4.69) is 0 Å². The van der Waals surface area contributed by atoms with Gasteiger partial charge < -0.3 is 14.2 Å². The van der Waals surface area contributed by atoms with Crippen LogP contribution in [0.4, 0.5) is 0 Å². The third-order valence-electron chi connectivity index (χ3n) is 5.52. The number of methoxy groups -OCH3 is 3. The second kappa shape index (κ2) is 7.91. The van der Waals surface area contributed by atoms with E-state index in [0.29, 0.717) is 50.5 Å². The summed E-state index contributed by atoms with van der Waals surface area (Å²) in [4.78, 5) is 32.9. The van der Waals surface area contributed by atoms with Gasteiger partial charge in [0, 0.05) is 17.5 Å². The highest BCUT2D eigenvalue weighted by molar-refractivity contribution is 6.26. The first-order chi connectivity index (χ1) is 14.9. The van der Waals surface area contributed by atoms with Crippen LogP contribution in [0.15, 0.2) is 36.4 Å². The molecule has 3 aromatic rings. The van der Waals surface area contributed by atoms with Gasteiger partial charge in [-0.15, -0.1) is 0 Å². The summed E-state index contributed by atoms with van der Waals surface area (Å²) in [6.07, 6.45) is 0. The number of benzene rings is 2.